The van der Waals surface area contributed by atoms with E-state index < -0.39 is 0 Å². The molecule has 0 saturated carbocycles. The summed E-state index contributed by atoms with van der Waals surface area (Å²) in [7, 11) is 1.76. The van der Waals surface area contributed by atoms with Crippen LogP contribution in [0.1, 0.15) is 51.0 Å². The van der Waals surface area contributed by atoms with Gasteiger partial charge in [-0.1, -0.05) is 68.2 Å². The van der Waals surface area contributed by atoms with E-state index in [9.17, 15) is 4.79 Å². The first-order chi connectivity index (χ1) is 13.7. The molecule has 2 rings (SSSR count). The Bertz CT molecular complexity index is 714. The molecule has 0 saturated heterocycles. The second-order valence-electron chi connectivity index (χ2n) is 7.05. The van der Waals surface area contributed by atoms with E-state index in [-0.39, 0.29) is 5.78 Å². The molecule has 3 nitrogen and oxygen atoms in total. The van der Waals surface area contributed by atoms with Gasteiger partial charge in [0.15, 0.2) is 5.78 Å². The molecule has 0 radical (unpaired) electrons. The molecular weight excluding hydrogens is 348 g/mol. The smallest absolute Gasteiger partial charge is 0.152 e. The van der Waals surface area contributed by atoms with Crippen molar-refractivity contribution >= 4 is 11.9 Å². The van der Waals surface area contributed by atoms with Gasteiger partial charge in [-0.2, -0.15) is 0 Å². The van der Waals surface area contributed by atoms with Crippen molar-refractivity contribution in [2.24, 2.45) is 0 Å². The molecule has 0 aromatic heterocycles. The second kappa shape index (κ2) is 12.9. The van der Waals surface area contributed by atoms with Crippen LogP contribution < -0.4 is 4.74 Å². The third-order valence-corrected chi connectivity index (χ3v) is 4.62. The molecule has 150 valence electrons. The number of carbonyl (C=O) groups excluding carboxylic acids is 1. The lowest BCUT2D eigenvalue weighted by Crippen LogP contribution is -1.97. The summed E-state index contributed by atoms with van der Waals surface area (Å²) in [6.07, 6.45) is 10.7. The Morgan fingerprint density at radius 3 is 1.89 bits per heavy atom. The van der Waals surface area contributed by atoms with Gasteiger partial charge < -0.3 is 9.47 Å². The van der Waals surface area contributed by atoms with Crippen LogP contribution in [0.15, 0.2) is 54.6 Å². The quantitative estimate of drug-likeness (QED) is 0.301. The Hall–Kier alpha value is -2.39. The number of rotatable bonds is 13. The average molecular weight is 381 g/mol. The van der Waals surface area contributed by atoms with Gasteiger partial charge in [0.05, 0.1) is 6.61 Å². The van der Waals surface area contributed by atoms with E-state index >= 15 is 0 Å². The van der Waals surface area contributed by atoms with E-state index in [1.165, 1.54) is 25.7 Å². The van der Waals surface area contributed by atoms with Crippen molar-refractivity contribution in [2.45, 2.75) is 45.4 Å². The van der Waals surface area contributed by atoms with Gasteiger partial charge in [0, 0.05) is 13.7 Å². The van der Waals surface area contributed by atoms with Crippen LogP contribution in [-0.2, 0) is 9.53 Å². The Kier molecular flexibility index (Phi) is 10.1. The van der Waals surface area contributed by atoms with Gasteiger partial charge in [0.1, 0.15) is 5.75 Å². The van der Waals surface area contributed by atoms with Crippen molar-refractivity contribution in [1.82, 2.24) is 0 Å². The Balaban J connectivity index is 1.70. The monoisotopic (exact) mass is 380 g/mol. The molecule has 0 aliphatic carbocycles. The molecule has 28 heavy (non-hydrogen) atoms. The van der Waals surface area contributed by atoms with E-state index in [0.29, 0.717) is 0 Å². The molecule has 0 heterocycles. The van der Waals surface area contributed by atoms with Gasteiger partial charge in [-0.3, -0.25) is 4.79 Å². The maximum atomic E-state index is 11.0. The number of unbranched alkanes of at least 4 members (excludes halogenated alkanes) is 5. The van der Waals surface area contributed by atoms with Crippen LogP contribution >= 0.6 is 0 Å². The lowest BCUT2D eigenvalue weighted by molar-refractivity contribution is -0.112. The third kappa shape index (κ3) is 8.53. The number of benzene rings is 2. The molecule has 2 aromatic carbocycles. The predicted molar refractivity (Wildman–Crippen MR) is 117 cm³/mol. The van der Waals surface area contributed by atoms with Gasteiger partial charge >= 0.3 is 0 Å². The standard InChI is InChI=1S/C25H32O3/c1-21(26)9-10-22-11-13-23(14-12-22)24-15-17-25(18-16-24)28-20-8-6-4-3-5-7-19-27-2/h9-18H,3-8,19-20H2,1-2H3. The zero-order valence-corrected chi connectivity index (χ0v) is 17.2. The molecule has 0 aliphatic heterocycles. The zero-order valence-electron chi connectivity index (χ0n) is 17.2. The number of carbonyl (C=O) groups is 1. The number of hydrogen-bond acceptors (Lipinski definition) is 3. The van der Waals surface area contributed by atoms with Crippen LogP contribution in [0, 0.1) is 0 Å². The number of allylic oxidation sites excluding steroid dienone is 1. The molecule has 0 unspecified atom stereocenters. The van der Waals surface area contributed by atoms with Crippen molar-refractivity contribution in [2.75, 3.05) is 20.3 Å². The minimum atomic E-state index is 0.0572. The Labute approximate surface area is 169 Å². The Morgan fingerprint density at radius 1 is 0.786 bits per heavy atom. The van der Waals surface area contributed by atoms with Crippen LogP contribution in [0.5, 0.6) is 5.75 Å². The topological polar surface area (TPSA) is 35.5 Å². The number of ketones is 1. The highest BCUT2D eigenvalue weighted by molar-refractivity contribution is 5.91. The molecule has 0 aliphatic rings. The summed E-state index contributed by atoms with van der Waals surface area (Å²) in [6, 6.07) is 16.4. The van der Waals surface area contributed by atoms with Crippen LogP contribution in [0.2, 0.25) is 0 Å². The summed E-state index contributed by atoms with van der Waals surface area (Å²) in [5.41, 5.74) is 3.34. The minimum absolute atomic E-state index is 0.0572. The van der Waals surface area contributed by atoms with Gasteiger partial charge in [0.2, 0.25) is 0 Å². The van der Waals surface area contributed by atoms with Crippen molar-refractivity contribution in [3.63, 3.8) is 0 Å². The molecule has 0 N–H and O–H groups in total. The summed E-state index contributed by atoms with van der Waals surface area (Å²) >= 11 is 0. The first-order valence-electron chi connectivity index (χ1n) is 10.2. The normalized spacial score (nSPS) is 11.1. The maximum absolute atomic E-state index is 11.0. The summed E-state index contributed by atoms with van der Waals surface area (Å²) < 4.78 is 10.9. The first-order valence-corrected chi connectivity index (χ1v) is 10.2. The van der Waals surface area contributed by atoms with Crippen molar-refractivity contribution in [3.8, 4) is 16.9 Å². The van der Waals surface area contributed by atoms with E-state index in [0.717, 1.165) is 48.5 Å². The summed E-state index contributed by atoms with van der Waals surface area (Å²) in [6.45, 7) is 3.20. The SMILES string of the molecule is COCCCCCCCCOc1ccc(-c2ccc(C=CC(C)=O)cc2)cc1. The van der Waals surface area contributed by atoms with Crippen LogP contribution in [0.3, 0.4) is 0 Å². The van der Waals surface area contributed by atoms with Crippen molar-refractivity contribution in [1.29, 1.82) is 0 Å². The molecular formula is C25H32O3. The average Bonchev–Trinajstić information content (AvgIpc) is 2.72. The van der Waals surface area contributed by atoms with Gasteiger partial charge in [0.25, 0.3) is 0 Å². The fourth-order valence-electron chi connectivity index (χ4n) is 2.99. The molecule has 0 fully saturated rings. The predicted octanol–water partition coefficient (Wildman–Crippen LogP) is 6.32. The second-order valence-corrected chi connectivity index (χ2v) is 7.05. The fraction of sp³-hybridized carbons (Fsp3) is 0.400. The highest BCUT2D eigenvalue weighted by atomic mass is 16.5. The zero-order chi connectivity index (χ0) is 20.0. The first kappa shape index (κ1) is 21.9. The van der Waals surface area contributed by atoms with E-state index in [2.05, 4.69) is 24.3 Å². The molecule has 0 bridgehead atoms. The maximum Gasteiger partial charge on any atom is 0.152 e. The van der Waals surface area contributed by atoms with Crippen LogP contribution in [0.25, 0.3) is 17.2 Å². The van der Waals surface area contributed by atoms with Gasteiger partial charge in [-0.15, -0.1) is 0 Å². The highest BCUT2D eigenvalue weighted by Crippen LogP contribution is 2.23. The molecule has 0 atom stereocenters. The van der Waals surface area contributed by atoms with Gasteiger partial charge in [-0.25, -0.2) is 0 Å². The summed E-state index contributed by atoms with van der Waals surface area (Å²) in [4.78, 5) is 11.0. The fourth-order valence-corrected chi connectivity index (χ4v) is 2.99. The van der Waals surface area contributed by atoms with Crippen molar-refractivity contribution in [3.05, 3.63) is 60.2 Å². The largest absolute Gasteiger partial charge is 0.494 e. The molecule has 3 heteroatoms. The lowest BCUT2D eigenvalue weighted by Gasteiger charge is -2.08. The summed E-state index contributed by atoms with van der Waals surface area (Å²) in [5.74, 6) is 0.978. The third-order valence-electron chi connectivity index (χ3n) is 4.62. The van der Waals surface area contributed by atoms with E-state index in [1.807, 2.05) is 30.3 Å². The highest BCUT2D eigenvalue weighted by Gasteiger charge is 2.00. The van der Waals surface area contributed by atoms with Crippen LogP contribution in [0.4, 0.5) is 0 Å². The van der Waals surface area contributed by atoms with Gasteiger partial charge in [-0.05, 0) is 54.7 Å². The molecule has 2 aromatic rings. The Morgan fingerprint density at radius 2 is 1.32 bits per heavy atom. The number of hydrogen-bond donors (Lipinski definition) is 0. The number of methoxy groups -OCH3 is 1. The van der Waals surface area contributed by atoms with E-state index in [1.54, 1.807) is 20.1 Å². The lowest BCUT2D eigenvalue weighted by atomic mass is 10.0. The van der Waals surface area contributed by atoms with Crippen molar-refractivity contribution < 1.29 is 14.3 Å². The molecule has 0 spiro atoms. The number of ether oxygens (including phenoxy) is 2. The van der Waals surface area contributed by atoms with E-state index in [4.69, 9.17) is 9.47 Å². The van der Waals surface area contributed by atoms with Crippen LogP contribution in [-0.4, -0.2) is 26.1 Å². The minimum Gasteiger partial charge on any atom is -0.494 e. The summed E-state index contributed by atoms with van der Waals surface area (Å²) in [5, 5.41) is 0. The molecule has 0 amide bonds.